The predicted octanol–water partition coefficient (Wildman–Crippen LogP) is 2.77. The maximum Gasteiger partial charge on any atom is 0.224 e. The Morgan fingerprint density at radius 2 is 2.00 bits per heavy atom. The normalized spacial score (nSPS) is 13.7. The zero-order valence-electron chi connectivity index (χ0n) is 12.5. The summed E-state index contributed by atoms with van der Waals surface area (Å²) in [5.74, 6) is 0.0309. The van der Waals surface area contributed by atoms with Crippen LogP contribution in [0.25, 0.3) is 0 Å². The molecule has 3 rings (SSSR count). The van der Waals surface area contributed by atoms with Crippen LogP contribution < -0.4 is 5.32 Å². The fraction of sp³-hybridized carbons (Fsp3) is 0.412. The molecular formula is C17H20ClN3O. The average molecular weight is 318 g/mol. The molecule has 0 saturated heterocycles. The first-order chi connectivity index (χ1) is 10.7. The molecule has 22 heavy (non-hydrogen) atoms. The zero-order chi connectivity index (χ0) is 15.4. The van der Waals surface area contributed by atoms with Crippen LogP contribution in [0.5, 0.6) is 0 Å². The summed E-state index contributed by atoms with van der Waals surface area (Å²) in [5.41, 5.74) is 3.69. The molecule has 4 nitrogen and oxygen atoms in total. The number of amides is 1. The number of aryl methyl sites for hydroxylation is 1. The first kappa shape index (κ1) is 15.1. The first-order valence-electron chi connectivity index (χ1n) is 7.77. The highest BCUT2D eigenvalue weighted by molar-refractivity contribution is 6.30. The second kappa shape index (κ2) is 6.97. The number of benzene rings is 1. The maximum absolute atomic E-state index is 11.9. The quantitative estimate of drug-likeness (QED) is 0.921. The molecule has 0 bridgehead atoms. The van der Waals surface area contributed by atoms with Gasteiger partial charge in [-0.05, 0) is 48.9 Å². The first-order valence-corrected chi connectivity index (χ1v) is 8.15. The standard InChI is InChI=1S/C17H20ClN3O/c18-15-7-5-13(6-8-15)11-17(22)19-9-10-21-16-4-2-1-3-14(16)12-20-21/h5-8,12H,1-4,9-11H2,(H,19,22). The van der Waals surface area contributed by atoms with E-state index in [0.717, 1.165) is 24.9 Å². The summed E-state index contributed by atoms with van der Waals surface area (Å²) in [4.78, 5) is 11.9. The number of halogens is 1. The van der Waals surface area contributed by atoms with E-state index in [2.05, 4.69) is 10.4 Å². The highest BCUT2D eigenvalue weighted by atomic mass is 35.5. The summed E-state index contributed by atoms with van der Waals surface area (Å²) in [6, 6.07) is 7.37. The number of carbonyl (C=O) groups excluding carboxylic acids is 1. The van der Waals surface area contributed by atoms with Crippen molar-refractivity contribution in [2.45, 2.75) is 38.6 Å². The molecule has 0 atom stereocenters. The molecule has 0 fully saturated rings. The van der Waals surface area contributed by atoms with Crippen LogP contribution in [0.15, 0.2) is 30.5 Å². The van der Waals surface area contributed by atoms with Crippen LogP contribution >= 0.6 is 11.6 Å². The molecule has 0 spiro atoms. The topological polar surface area (TPSA) is 46.9 Å². The number of hydrogen-bond donors (Lipinski definition) is 1. The Hall–Kier alpha value is -1.81. The van der Waals surface area contributed by atoms with Crippen molar-refractivity contribution in [2.24, 2.45) is 0 Å². The molecular weight excluding hydrogens is 298 g/mol. The number of aromatic nitrogens is 2. The van der Waals surface area contributed by atoms with Crippen molar-refractivity contribution in [3.8, 4) is 0 Å². The van der Waals surface area contributed by atoms with Gasteiger partial charge in [-0.1, -0.05) is 23.7 Å². The van der Waals surface area contributed by atoms with Crippen LogP contribution in [0.2, 0.25) is 5.02 Å². The van der Waals surface area contributed by atoms with Crippen LogP contribution in [0.3, 0.4) is 0 Å². The van der Waals surface area contributed by atoms with Crippen LogP contribution in [0, 0.1) is 0 Å². The van der Waals surface area contributed by atoms with Crippen LogP contribution in [-0.4, -0.2) is 22.2 Å². The fourth-order valence-electron chi connectivity index (χ4n) is 2.90. The fourth-order valence-corrected chi connectivity index (χ4v) is 3.03. The van der Waals surface area contributed by atoms with Gasteiger partial charge in [0, 0.05) is 17.3 Å². The third-order valence-corrected chi connectivity index (χ3v) is 4.32. The zero-order valence-corrected chi connectivity index (χ0v) is 13.3. The monoisotopic (exact) mass is 317 g/mol. The van der Waals surface area contributed by atoms with E-state index in [0.29, 0.717) is 18.0 Å². The Morgan fingerprint density at radius 3 is 2.82 bits per heavy atom. The Kier molecular flexibility index (Phi) is 4.78. The summed E-state index contributed by atoms with van der Waals surface area (Å²) in [7, 11) is 0. The van der Waals surface area contributed by atoms with E-state index in [-0.39, 0.29) is 5.91 Å². The van der Waals surface area contributed by atoms with E-state index in [1.165, 1.54) is 24.1 Å². The molecule has 116 valence electrons. The highest BCUT2D eigenvalue weighted by Crippen LogP contribution is 2.20. The van der Waals surface area contributed by atoms with Crippen molar-refractivity contribution in [3.63, 3.8) is 0 Å². The van der Waals surface area contributed by atoms with E-state index in [1.807, 2.05) is 23.0 Å². The summed E-state index contributed by atoms with van der Waals surface area (Å²) in [5, 5.41) is 8.08. The summed E-state index contributed by atoms with van der Waals surface area (Å²) >= 11 is 5.84. The van der Waals surface area contributed by atoms with E-state index in [9.17, 15) is 4.79 Å². The number of carbonyl (C=O) groups is 1. The van der Waals surface area contributed by atoms with Crippen molar-refractivity contribution >= 4 is 17.5 Å². The minimum atomic E-state index is 0.0309. The maximum atomic E-state index is 11.9. The highest BCUT2D eigenvalue weighted by Gasteiger charge is 2.14. The van der Waals surface area contributed by atoms with Gasteiger partial charge in [0.05, 0.1) is 19.2 Å². The van der Waals surface area contributed by atoms with Gasteiger partial charge in [0.1, 0.15) is 0 Å². The molecule has 1 N–H and O–H groups in total. The van der Waals surface area contributed by atoms with Crippen molar-refractivity contribution in [2.75, 3.05) is 6.54 Å². The van der Waals surface area contributed by atoms with E-state index in [1.54, 1.807) is 12.1 Å². The molecule has 0 aliphatic heterocycles. The van der Waals surface area contributed by atoms with E-state index >= 15 is 0 Å². The summed E-state index contributed by atoms with van der Waals surface area (Å²) < 4.78 is 2.04. The molecule has 0 unspecified atom stereocenters. The summed E-state index contributed by atoms with van der Waals surface area (Å²) in [6.45, 7) is 1.35. The lowest BCUT2D eigenvalue weighted by Crippen LogP contribution is -2.29. The van der Waals surface area contributed by atoms with Gasteiger partial charge >= 0.3 is 0 Å². The molecule has 0 saturated carbocycles. The number of hydrogen-bond acceptors (Lipinski definition) is 2. The molecule has 2 aromatic rings. The third-order valence-electron chi connectivity index (χ3n) is 4.07. The van der Waals surface area contributed by atoms with Crippen molar-refractivity contribution < 1.29 is 4.79 Å². The SMILES string of the molecule is O=C(Cc1ccc(Cl)cc1)NCCn1ncc2c1CCCC2. The third kappa shape index (κ3) is 3.69. The lowest BCUT2D eigenvalue weighted by molar-refractivity contribution is -0.120. The van der Waals surface area contributed by atoms with Crippen LogP contribution in [0.1, 0.15) is 29.7 Å². The van der Waals surface area contributed by atoms with Gasteiger partial charge in [0.25, 0.3) is 0 Å². The molecule has 1 aromatic carbocycles. The van der Waals surface area contributed by atoms with Gasteiger partial charge in [-0.2, -0.15) is 5.10 Å². The number of nitrogens with one attached hydrogen (secondary N) is 1. The van der Waals surface area contributed by atoms with Gasteiger partial charge in [-0.25, -0.2) is 0 Å². The minimum absolute atomic E-state index is 0.0309. The molecule has 1 aromatic heterocycles. The molecule has 1 aliphatic carbocycles. The number of fused-ring (bicyclic) bond motifs is 1. The Labute approximate surface area is 135 Å². The van der Waals surface area contributed by atoms with Crippen LogP contribution in [-0.2, 0) is 30.6 Å². The van der Waals surface area contributed by atoms with Gasteiger partial charge in [-0.15, -0.1) is 0 Å². The molecule has 1 amide bonds. The van der Waals surface area contributed by atoms with Gasteiger partial charge in [-0.3, -0.25) is 9.48 Å². The molecule has 5 heteroatoms. The van der Waals surface area contributed by atoms with Crippen LogP contribution in [0.4, 0.5) is 0 Å². The molecule has 1 heterocycles. The van der Waals surface area contributed by atoms with Gasteiger partial charge in [0.15, 0.2) is 0 Å². The molecule has 0 radical (unpaired) electrons. The lowest BCUT2D eigenvalue weighted by atomic mass is 9.98. The Bertz CT molecular complexity index is 648. The molecule has 1 aliphatic rings. The van der Waals surface area contributed by atoms with E-state index < -0.39 is 0 Å². The smallest absolute Gasteiger partial charge is 0.224 e. The Morgan fingerprint density at radius 1 is 1.23 bits per heavy atom. The average Bonchev–Trinajstić information content (AvgIpc) is 2.93. The second-order valence-corrected chi connectivity index (χ2v) is 6.14. The number of rotatable bonds is 5. The predicted molar refractivity (Wildman–Crippen MR) is 87.0 cm³/mol. The van der Waals surface area contributed by atoms with Gasteiger partial charge in [0.2, 0.25) is 5.91 Å². The van der Waals surface area contributed by atoms with Crippen molar-refractivity contribution in [3.05, 3.63) is 52.3 Å². The number of nitrogens with zero attached hydrogens (tertiary/aromatic N) is 2. The lowest BCUT2D eigenvalue weighted by Gasteiger charge is -2.14. The Balaban J connectivity index is 1.47. The minimum Gasteiger partial charge on any atom is -0.354 e. The van der Waals surface area contributed by atoms with Crippen molar-refractivity contribution in [1.82, 2.24) is 15.1 Å². The summed E-state index contributed by atoms with van der Waals surface area (Å²) in [6.07, 6.45) is 7.10. The largest absolute Gasteiger partial charge is 0.354 e. The van der Waals surface area contributed by atoms with E-state index in [4.69, 9.17) is 11.6 Å². The van der Waals surface area contributed by atoms with Crippen molar-refractivity contribution in [1.29, 1.82) is 0 Å². The second-order valence-electron chi connectivity index (χ2n) is 5.70. The van der Waals surface area contributed by atoms with Gasteiger partial charge < -0.3 is 5.32 Å².